The summed E-state index contributed by atoms with van der Waals surface area (Å²) < 4.78 is 27.2. The summed E-state index contributed by atoms with van der Waals surface area (Å²) in [6.07, 6.45) is 2.14. The van der Waals surface area contributed by atoms with Crippen LogP contribution < -0.4 is 10.6 Å². The van der Waals surface area contributed by atoms with Crippen molar-refractivity contribution in [2.24, 2.45) is 5.92 Å². The first-order chi connectivity index (χ1) is 19.2. The second-order valence-electron chi connectivity index (χ2n) is 10.0. The van der Waals surface area contributed by atoms with E-state index in [9.17, 15) is 28.9 Å². The number of ketones is 2. The summed E-state index contributed by atoms with van der Waals surface area (Å²) >= 11 is 0. The normalized spacial score (nSPS) is 19.9. The van der Waals surface area contributed by atoms with E-state index in [0.29, 0.717) is 13.1 Å². The van der Waals surface area contributed by atoms with Crippen molar-refractivity contribution >= 4 is 28.9 Å². The average Bonchev–Trinajstić information content (AvgIpc) is 3.22. The van der Waals surface area contributed by atoms with Gasteiger partial charge in [-0.1, -0.05) is 0 Å². The van der Waals surface area contributed by atoms with Gasteiger partial charge in [-0.2, -0.15) is 10.5 Å². The Hall–Kier alpha value is -4.96. The molecule has 8 nitrogen and oxygen atoms in total. The van der Waals surface area contributed by atoms with Gasteiger partial charge in [-0.15, -0.1) is 0 Å². The molecule has 3 aromatic rings. The van der Waals surface area contributed by atoms with Gasteiger partial charge in [0.25, 0.3) is 0 Å². The van der Waals surface area contributed by atoms with Crippen molar-refractivity contribution in [3.63, 3.8) is 0 Å². The number of fused-ring (bicyclic) bond motifs is 1. The molecule has 0 radical (unpaired) electrons. The van der Waals surface area contributed by atoms with E-state index in [1.807, 2.05) is 4.90 Å². The smallest absolute Gasteiger partial charge is 0.173 e. The number of anilines is 2. The molecule has 40 heavy (non-hydrogen) atoms. The van der Waals surface area contributed by atoms with Crippen LogP contribution in [0, 0.1) is 45.6 Å². The summed E-state index contributed by atoms with van der Waals surface area (Å²) in [5.41, 5.74) is 4.12. The second-order valence-corrected chi connectivity index (χ2v) is 10.0. The highest BCUT2D eigenvalue weighted by Crippen LogP contribution is 2.51. The summed E-state index contributed by atoms with van der Waals surface area (Å²) in [6, 6.07) is 13.7. The third kappa shape index (κ3) is 4.28. The van der Waals surface area contributed by atoms with E-state index >= 15 is 0 Å². The van der Waals surface area contributed by atoms with Gasteiger partial charge >= 0.3 is 0 Å². The molecule has 2 atom stereocenters. The van der Waals surface area contributed by atoms with Crippen LogP contribution >= 0.6 is 0 Å². The fourth-order valence-electron chi connectivity index (χ4n) is 5.76. The van der Waals surface area contributed by atoms with Crippen LogP contribution in [0.2, 0.25) is 0 Å². The van der Waals surface area contributed by atoms with E-state index in [0.717, 1.165) is 43.5 Å². The number of carbonyl (C=O) groups is 2. The molecule has 200 valence electrons. The molecule has 1 aromatic heterocycles. The first kappa shape index (κ1) is 26.6. The van der Waals surface area contributed by atoms with E-state index in [4.69, 9.17) is 11.1 Å². The molecule has 2 aliphatic rings. The molecule has 0 bridgehead atoms. The molecule has 0 spiro atoms. The topological polar surface area (TPSA) is 148 Å². The Bertz CT molecular complexity index is 1620. The zero-order chi connectivity index (χ0) is 28.6. The van der Waals surface area contributed by atoms with E-state index in [-0.39, 0.29) is 45.2 Å². The Morgan fingerprint density at radius 3 is 2.12 bits per heavy atom. The van der Waals surface area contributed by atoms with Crippen LogP contribution in [0.3, 0.4) is 0 Å². The zero-order valence-corrected chi connectivity index (χ0v) is 21.4. The van der Waals surface area contributed by atoms with Gasteiger partial charge in [0.1, 0.15) is 40.3 Å². The number of piperidine rings is 1. The van der Waals surface area contributed by atoms with Crippen LogP contribution in [-0.2, 0) is 5.41 Å². The lowest BCUT2D eigenvalue weighted by molar-refractivity contribution is 0.0892. The largest absolute Gasteiger partial charge is 0.383 e. The summed E-state index contributed by atoms with van der Waals surface area (Å²) in [7, 11) is 0. The molecule has 1 fully saturated rings. The number of halogens is 2. The molecule has 0 amide bonds. The molecule has 1 saturated heterocycles. The van der Waals surface area contributed by atoms with Crippen molar-refractivity contribution in [1.29, 1.82) is 15.9 Å². The lowest BCUT2D eigenvalue weighted by Crippen LogP contribution is -2.40. The number of benzene rings is 2. The summed E-state index contributed by atoms with van der Waals surface area (Å²) in [5.74, 6) is -3.82. The van der Waals surface area contributed by atoms with Crippen molar-refractivity contribution in [3.8, 4) is 12.1 Å². The summed E-state index contributed by atoms with van der Waals surface area (Å²) in [5, 5.41) is 30.2. The quantitative estimate of drug-likeness (QED) is 0.432. The molecule has 5 rings (SSSR count). The van der Waals surface area contributed by atoms with E-state index in [1.165, 1.54) is 24.3 Å². The molecule has 1 aliphatic heterocycles. The van der Waals surface area contributed by atoms with Crippen LogP contribution in [-0.4, -0.2) is 35.4 Å². The van der Waals surface area contributed by atoms with Crippen molar-refractivity contribution < 1.29 is 18.4 Å². The minimum Gasteiger partial charge on any atom is -0.383 e. The SMILES string of the molecule is N#Cc1c(N2CCCCC2)nc(N)c2c1[C@](C#N)(CC(=O)c1ccc(F)cc1)C(C(=O)c1ccc(F)cc1)C2=N. The minimum absolute atomic E-state index is 0.0151. The summed E-state index contributed by atoms with van der Waals surface area (Å²) in [6.45, 7) is 1.20. The number of nitrogens with zero attached hydrogens (tertiary/aromatic N) is 4. The number of aromatic nitrogens is 1. The number of carbonyl (C=O) groups excluding carboxylic acids is 2. The predicted octanol–water partition coefficient (Wildman–Crippen LogP) is 4.72. The predicted molar refractivity (Wildman–Crippen MR) is 143 cm³/mol. The Morgan fingerprint density at radius 2 is 1.57 bits per heavy atom. The molecular weight excluding hydrogens is 514 g/mol. The highest BCUT2D eigenvalue weighted by atomic mass is 19.1. The molecule has 0 saturated carbocycles. The summed E-state index contributed by atoms with van der Waals surface area (Å²) in [4.78, 5) is 33.9. The molecule has 1 unspecified atom stereocenters. The number of pyridine rings is 1. The number of rotatable bonds is 6. The Kier molecular flexibility index (Phi) is 6.87. The Labute approximate surface area is 229 Å². The lowest BCUT2D eigenvalue weighted by Gasteiger charge is -2.32. The van der Waals surface area contributed by atoms with Gasteiger partial charge in [0.2, 0.25) is 0 Å². The van der Waals surface area contributed by atoms with Gasteiger partial charge in [-0.05, 0) is 67.8 Å². The maximum Gasteiger partial charge on any atom is 0.173 e. The number of Topliss-reactive ketones (excluding diaryl/α,β-unsaturated/α-hetero) is 2. The van der Waals surface area contributed by atoms with Gasteiger partial charge in [0.15, 0.2) is 11.6 Å². The number of hydrogen-bond acceptors (Lipinski definition) is 8. The molecule has 3 N–H and O–H groups in total. The second kappa shape index (κ2) is 10.3. The first-order valence-corrected chi connectivity index (χ1v) is 12.8. The fraction of sp³-hybridized carbons (Fsp3) is 0.267. The van der Waals surface area contributed by atoms with Crippen molar-refractivity contribution in [1.82, 2.24) is 4.98 Å². The molecule has 1 aliphatic carbocycles. The van der Waals surface area contributed by atoms with Crippen LogP contribution in [0.25, 0.3) is 0 Å². The number of nitriles is 2. The van der Waals surface area contributed by atoms with E-state index < -0.39 is 41.0 Å². The molecule has 2 heterocycles. The number of hydrogen-bond donors (Lipinski definition) is 2. The van der Waals surface area contributed by atoms with Crippen LogP contribution in [0.15, 0.2) is 48.5 Å². The first-order valence-electron chi connectivity index (χ1n) is 12.8. The van der Waals surface area contributed by atoms with Crippen molar-refractivity contribution in [2.45, 2.75) is 31.1 Å². The van der Waals surface area contributed by atoms with Crippen LogP contribution in [0.4, 0.5) is 20.4 Å². The van der Waals surface area contributed by atoms with Gasteiger partial charge in [0, 0.05) is 41.8 Å². The fourth-order valence-corrected chi connectivity index (χ4v) is 5.76. The third-order valence-corrected chi connectivity index (χ3v) is 7.67. The van der Waals surface area contributed by atoms with Crippen LogP contribution in [0.1, 0.15) is 63.1 Å². The highest BCUT2D eigenvalue weighted by Gasteiger charge is 2.58. The van der Waals surface area contributed by atoms with Gasteiger partial charge in [0.05, 0.1) is 17.7 Å². The lowest BCUT2D eigenvalue weighted by atomic mass is 9.68. The highest BCUT2D eigenvalue weighted by molar-refractivity contribution is 6.24. The third-order valence-electron chi connectivity index (χ3n) is 7.67. The monoisotopic (exact) mass is 538 g/mol. The van der Waals surface area contributed by atoms with Gasteiger partial charge < -0.3 is 16.0 Å². The number of nitrogens with one attached hydrogen (secondary N) is 1. The maximum absolute atomic E-state index is 13.9. The van der Waals surface area contributed by atoms with Gasteiger partial charge in [-0.25, -0.2) is 13.8 Å². The Morgan fingerprint density at radius 1 is 1.00 bits per heavy atom. The molecular formula is C30H24F2N6O2. The zero-order valence-electron chi connectivity index (χ0n) is 21.4. The van der Waals surface area contributed by atoms with Gasteiger partial charge in [-0.3, -0.25) is 9.59 Å². The number of nitrogens with two attached hydrogens (primary N) is 1. The van der Waals surface area contributed by atoms with E-state index in [2.05, 4.69) is 17.1 Å². The van der Waals surface area contributed by atoms with Crippen molar-refractivity contribution in [3.05, 3.63) is 88.0 Å². The molecule has 2 aromatic carbocycles. The number of nitrogen functional groups attached to an aromatic ring is 1. The molecule has 10 heteroatoms. The van der Waals surface area contributed by atoms with Crippen LogP contribution in [0.5, 0.6) is 0 Å². The Balaban J connectivity index is 1.75. The van der Waals surface area contributed by atoms with Crippen molar-refractivity contribution in [2.75, 3.05) is 23.7 Å². The minimum atomic E-state index is -2.00. The average molecular weight is 539 g/mol. The standard InChI is InChI=1S/C30H24F2N6O2/c31-19-8-4-17(5-9-19)22(39)14-30(16-34)24-21(15-33)29(38-12-2-1-3-13-38)37-28(36)23(24)26(35)25(30)27(40)18-6-10-20(32)11-7-18/h4-11,25,35H,1-3,12-14H2,(H2,36,37)/t25?,30-/m1/s1. The van der Waals surface area contributed by atoms with E-state index in [1.54, 1.807) is 0 Å². The maximum atomic E-state index is 13.9.